The molecule has 3 fully saturated rings. The van der Waals surface area contributed by atoms with Gasteiger partial charge in [0, 0.05) is 66.0 Å². The van der Waals surface area contributed by atoms with Crippen molar-refractivity contribution in [1.82, 2.24) is 65.5 Å². The number of aromatic nitrogens is 10. The highest BCUT2D eigenvalue weighted by Gasteiger charge is 2.44. The lowest BCUT2D eigenvalue weighted by molar-refractivity contribution is -0.123. The topological polar surface area (TPSA) is 214 Å². The number of anilines is 4. The molecule has 0 bridgehead atoms. The maximum absolute atomic E-state index is 13.1. The van der Waals surface area contributed by atoms with Gasteiger partial charge in [0.1, 0.15) is 12.3 Å². The van der Waals surface area contributed by atoms with Crippen LogP contribution in [0.15, 0.2) is 67.0 Å². The monoisotopic (exact) mass is 939 g/mol. The second-order valence-corrected chi connectivity index (χ2v) is 18.3. The molecule has 4 aromatic heterocycles. The SMILES string of the molecule is COc1cc(-c2nc(Nc3cc(C4CC4c4c(Nc5nc(-c6ccc(C(=O)NCC(F)(F)F)c(C)c6)nn5C)ccc5[nH]ncc45)c4[nH]ncc4c3C3CC3)n(C)n2)ccc1C(=O)NC1CN(C)C1. The number of carbonyl (C=O) groups excluding carboxylic acids is 2. The Bertz CT molecular complexity index is 3320. The molecule has 6 N–H and O–H groups in total. The smallest absolute Gasteiger partial charge is 0.405 e. The van der Waals surface area contributed by atoms with Gasteiger partial charge in [0.05, 0.1) is 42.1 Å². The van der Waals surface area contributed by atoms with E-state index >= 15 is 0 Å². The van der Waals surface area contributed by atoms with Crippen LogP contribution < -0.4 is 26.0 Å². The minimum Gasteiger partial charge on any atom is -0.496 e. The highest BCUT2D eigenvalue weighted by molar-refractivity contribution is 5.98. The van der Waals surface area contributed by atoms with Gasteiger partial charge in [-0.1, -0.05) is 12.1 Å². The van der Waals surface area contributed by atoms with Gasteiger partial charge in [0.2, 0.25) is 11.9 Å². The van der Waals surface area contributed by atoms with Gasteiger partial charge >= 0.3 is 6.18 Å². The zero-order valence-electron chi connectivity index (χ0n) is 38.3. The fraction of sp³-hybridized carbons (Fsp3) is 0.333. The molecule has 2 saturated carbocycles. The van der Waals surface area contributed by atoms with Gasteiger partial charge in [-0.3, -0.25) is 19.8 Å². The molecular formula is C48H48F3N15O3. The summed E-state index contributed by atoms with van der Waals surface area (Å²) in [6.07, 6.45) is 2.22. The number of likely N-dealkylation sites (tertiary alicyclic amines) is 1. The van der Waals surface area contributed by atoms with Crippen molar-refractivity contribution in [2.24, 2.45) is 14.1 Å². The first-order chi connectivity index (χ1) is 33.2. The summed E-state index contributed by atoms with van der Waals surface area (Å²) in [6.45, 7) is 1.85. The Balaban J connectivity index is 0.872. The van der Waals surface area contributed by atoms with E-state index in [1.165, 1.54) is 11.6 Å². The molecule has 2 amide bonds. The van der Waals surface area contributed by atoms with Crippen LogP contribution in [0.4, 0.5) is 36.4 Å². The van der Waals surface area contributed by atoms with Crippen LogP contribution >= 0.6 is 0 Å². The normalized spacial score (nSPS) is 17.3. The number of H-pyrrole nitrogens is 2. The van der Waals surface area contributed by atoms with Crippen molar-refractivity contribution in [2.45, 2.75) is 56.2 Å². The van der Waals surface area contributed by atoms with Crippen molar-refractivity contribution in [2.75, 3.05) is 44.4 Å². The van der Waals surface area contributed by atoms with Gasteiger partial charge in [0.15, 0.2) is 11.6 Å². The number of carbonyl (C=O) groups is 2. The molecule has 0 spiro atoms. The maximum atomic E-state index is 13.1. The van der Waals surface area contributed by atoms with Gasteiger partial charge in [-0.2, -0.15) is 33.3 Å². The van der Waals surface area contributed by atoms with Gasteiger partial charge in [0.25, 0.3) is 11.8 Å². The average molecular weight is 940 g/mol. The van der Waals surface area contributed by atoms with Crippen molar-refractivity contribution >= 4 is 56.9 Å². The Kier molecular flexibility index (Phi) is 10.6. The summed E-state index contributed by atoms with van der Waals surface area (Å²) in [6, 6.07) is 16.5. The number of halogens is 3. The summed E-state index contributed by atoms with van der Waals surface area (Å²) in [5, 5.41) is 39.1. The van der Waals surface area contributed by atoms with Crippen LogP contribution in [0.5, 0.6) is 5.75 Å². The molecule has 5 heterocycles. The van der Waals surface area contributed by atoms with Gasteiger partial charge in [-0.05, 0) is 116 Å². The Morgan fingerprint density at radius 3 is 2.12 bits per heavy atom. The van der Waals surface area contributed by atoms with Gasteiger partial charge in [-0.25, -0.2) is 9.36 Å². The molecule has 354 valence electrons. The number of aryl methyl sites for hydroxylation is 3. The number of ether oxygens (including phenoxy) is 1. The Labute approximate surface area is 392 Å². The van der Waals surface area contributed by atoms with E-state index in [9.17, 15) is 22.8 Å². The number of fused-ring (bicyclic) bond motifs is 2. The third kappa shape index (κ3) is 8.35. The van der Waals surface area contributed by atoms with Gasteiger partial charge < -0.3 is 30.9 Å². The number of methoxy groups -OCH3 is 1. The zero-order valence-corrected chi connectivity index (χ0v) is 38.3. The van der Waals surface area contributed by atoms with Crippen LogP contribution in [0.3, 0.4) is 0 Å². The molecule has 3 aliphatic rings. The molecule has 2 unspecified atom stereocenters. The molecule has 8 aromatic rings. The first-order valence-electron chi connectivity index (χ1n) is 22.7. The zero-order chi connectivity index (χ0) is 47.9. The van der Waals surface area contributed by atoms with Crippen LogP contribution in [-0.4, -0.2) is 113 Å². The first kappa shape index (κ1) is 43.7. The number of nitrogens with zero attached hydrogens (tertiary/aromatic N) is 9. The Morgan fingerprint density at radius 1 is 0.783 bits per heavy atom. The third-order valence-corrected chi connectivity index (χ3v) is 13.3. The molecule has 2 aliphatic carbocycles. The number of hydrogen-bond acceptors (Lipinski definition) is 12. The van der Waals surface area contributed by atoms with Crippen molar-refractivity contribution < 1.29 is 27.5 Å². The minimum atomic E-state index is -4.52. The number of hydrogen-bond donors (Lipinski definition) is 6. The molecular weight excluding hydrogens is 892 g/mol. The van der Waals surface area contributed by atoms with E-state index in [2.05, 4.69) is 52.4 Å². The number of rotatable bonds is 14. The number of aromatic amines is 2. The largest absolute Gasteiger partial charge is 0.496 e. The van der Waals surface area contributed by atoms with Crippen LogP contribution in [0.25, 0.3) is 44.6 Å². The fourth-order valence-corrected chi connectivity index (χ4v) is 9.65. The lowest BCUT2D eigenvalue weighted by atomic mass is 9.94. The summed E-state index contributed by atoms with van der Waals surface area (Å²) in [5.74, 6) is 1.88. The third-order valence-electron chi connectivity index (χ3n) is 13.3. The molecule has 1 saturated heterocycles. The highest BCUT2D eigenvalue weighted by atomic mass is 19.4. The highest BCUT2D eigenvalue weighted by Crippen LogP contribution is 2.60. The van der Waals surface area contributed by atoms with E-state index in [1.807, 2.05) is 50.0 Å². The van der Waals surface area contributed by atoms with Crippen molar-refractivity contribution in [3.8, 4) is 28.5 Å². The number of amides is 2. The van der Waals surface area contributed by atoms with E-state index in [1.54, 1.807) is 54.7 Å². The molecule has 18 nitrogen and oxygen atoms in total. The molecule has 69 heavy (non-hydrogen) atoms. The molecule has 2 atom stereocenters. The molecule has 11 rings (SSSR count). The van der Waals surface area contributed by atoms with E-state index < -0.39 is 18.6 Å². The second-order valence-electron chi connectivity index (χ2n) is 18.3. The predicted octanol–water partition coefficient (Wildman–Crippen LogP) is 7.32. The average Bonchev–Trinajstić information content (AvgIpc) is 4.07. The van der Waals surface area contributed by atoms with E-state index in [-0.39, 0.29) is 29.3 Å². The first-order valence-corrected chi connectivity index (χ1v) is 22.7. The molecule has 1 aliphatic heterocycles. The van der Waals surface area contributed by atoms with Crippen molar-refractivity contribution in [3.63, 3.8) is 0 Å². The quantitative estimate of drug-likeness (QED) is 0.0633. The molecule has 21 heteroatoms. The predicted molar refractivity (Wildman–Crippen MR) is 252 cm³/mol. The summed E-state index contributed by atoms with van der Waals surface area (Å²) in [7, 11) is 7.19. The summed E-state index contributed by atoms with van der Waals surface area (Å²) < 4.78 is 47.3. The van der Waals surface area contributed by atoms with Crippen LogP contribution in [0.2, 0.25) is 0 Å². The van der Waals surface area contributed by atoms with E-state index in [0.717, 1.165) is 76.7 Å². The standard InChI is InChI=1S/C48H48F3N15O3/c1-23-14-25(8-10-28(23)44(67)52-22-48(49,50)51)42-58-46(65(3)62-42)56-36-13-12-35-33(18-53-60-35)40(36)31-16-30(31)32-17-37(39(24-6-7-24)34-19-54-61-41(32)34)57-47-59-43(63-66(47)4)26-9-11-29(38(15-26)69-5)45(68)55-27-20-64(2)21-27/h8-15,17-19,24,27,30-31H,6-7,16,20-22H2,1-5H3,(H,52,67)(H,53,60)(H,54,61)(H,55,68)(H,56,58,62)(H,57,59,63). The Morgan fingerprint density at radius 2 is 1.45 bits per heavy atom. The van der Waals surface area contributed by atoms with Gasteiger partial charge in [-0.15, -0.1) is 10.2 Å². The summed E-state index contributed by atoms with van der Waals surface area (Å²) in [4.78, 5) is 37.6. The number of likely N-dealkylation sites (N-methyl/N-ethyl adjacent to an activating group) is 1. The summed E-state index contributed by atoms with van der Waals surface area (Å²) >= 11 is 0. The molecule has 0 radical (unpaired) electrons. The lowest BCUT2D eigenvalue weighted by Gasteiger charge is -2.36. The van der Waals surface area contributed by atoms with Crippen LogP contribution in [0, 0.1) is 6.92 Å². The maximum Gasteiger partial charge on any atom is 0.405 e. The van der Waals surface area contributed by atoms with E-state index in [0.29, 0.717) is 57.5 Å². The Hall–Kier alpha value is -7.81. The van der Waals surface area contributed by atoms with Crippen molar-refractivity contribution in [1.29, 1.82) is 0 Å². The van der Waals surface area contributed by atoms with Crippen molar-refractivity contribution in [3.05, 3.63) is 100 Å². The fourth-order valence-electron chi connectivity index (χ4n) is 9.65. The second kappa shape index (κ2) is 16.8. The minimum absolute atomic E-state index is 0.0860. The number of alkyl halides is 3. The van der Waals surface area contributed by atoms with Crippen LogP contribution in [-0.2, 0) is 14.1 Å². The van der Waals surface area contributed by atoms with E-state index in [4.69, 9.17) is 19.8 Å². The summed E-state index contributed by atoms with van der Waals surface area (Å²) in [5.41, 5.74) is 9.42. The number of benzene rings is 4. The molecule has 4 aromatic carbocycles. The lowest BCUT2D eigenvalue weighted by Crippen LogP contribution is -2.57. The van der Waals surface area contributed by atoms with Crippen LogP contribution in [0.1, 0.15) is 80.0 Å². The number of nitrogens with one attached hydrogen (secondary N) is 6.